The van der Waals surface area contributed by atoms with Crippen LogP contribution >= 0.6 is 15.9 Å². The second-order valence-electron chi connectivity index (χ2n) is 7.67. The van der Waals surface area contributed by atoms with Crippen LogP contribution in [0.1, 0.15) is 46.0 Å². The smallest absolute Gasteiger partial charge is 0.0594 e. The summed E-state index contributed by atoms with van der Waals surface area (Å²) in [6, 6.07) is 0. The molecule has 0 bridgehead atoms. The number of hydrogen-bond donors (Lipinski definition) is 0. The van der Waals surface area contributed by atoms with Gasteiger partial charge in [-0.05, 0) is 60.3 Å². The molecule has 0 aromatic carbocycles. The molecule has 3 rings (SSSR count). The molecule has 0 N–H and O–H groups in total. The van der Waals surface area contributed by atoms with Gasteiger partial charge in [0.15, 0.2) is 0 Å². The van der Waals surface area contributed by atoms with Gasteiger partial charge in [0, 0.05) is 19.6 Å². The molecule has 4 atom stereocenters. The number of nitrogens with zero attached hydrogens (tertiary/aromatic N) is 1. The maximum atomic E-state index is 5.49. The van der Waals surface area contributed by atoms with E-state index in [0.717, 1.165) is 44.1 Å². The number of morpholine rings is 1. The summed E-state index contributed by atoms with van der Waals surface area (Å²) in [4.78, 5) is 4.86. The highest BCUT2D eigenvalue weighted by molar-refractivity contribution is 9.11. The number of allylic oxidation sites excluding steroid dienone is 1. The molecule has 0 spiro atoms. The summed E-state index contributed by atoms with van der Waals surface area (Å²) in [6.45, 7) is 10.5. The first kappa shape index (κ1) is 16.0. The Bertz CT molecular complexity index is 391. The Kier molecular flexibility index (Phi) is 5.12. The zero-order valence-corrected chi connectivity index (χ0v) is 15.2. The molecule has 0 amide bonds. The molecular weight excluding hydrogens is 326 g/mol. The first-order chi connectivity index (χ1) is 10.1. The van der Waals surface area contributed by atoms with Crippen LogP contribution in [0.25, 0.3) is 0 Å². The van der Waals surface area contributed by atoms with Crippen LogP contribution in [0.2, 0.25) is 0 Å². The van der Waals surface area contributed by atoms with Crippen LogP contribution in [0.5, 0.6) is 0 Å². The molecule has 0 radical (unpaired) electrons. The Morgan fingerprint density at radius 1 is 1.38 bits per heavy atom. The maximum Gasteiger partial charge on any atom is 0.0594 e. The summed E-state index contributed by atoms with van der Waals surface area (Å²) in [7, 11) is 0. The summed E-state index contributed by atoms with van der Waals surface area (Å²) in [5.74, 6) is 2.55. The van der Waals surface area contributed by atoms with E-state index in [0.29, 0.717) is 5.41 Å². The number of hydrogen-bond acceptors (Lipinski definition) is 2. The lowest BCUT2D eigenvalue weighted by Gasteiger charge is -2.45. The van der Waals surface area contributed by atoms with Crippen molar-refractivity contribution < 1.29 is 4.74 Å². The fourth-order valence-electron chi connectivity index (χ4n) is 5.46. The van der Waals surface area contributed by atoms with Gasteiger partial charge in [-0.25, -0.2) is 0 Å². The van der Waals surface area contributed by atoms with Gasteiger partial charge in [-0.2, -0.15) is 0 Å². The minimum absolute atomic E-state index is 0.545. The van der Waals surface area contributed by atoms with Crippen LogP contribution in [-0.4, -0.2) is 37.7 Å². The number of halogens is 1. The predicted octanol–water partition coefficient (Wildman–Crippen LogP) is 4.45. The number of ether oxygens (including phenoxy) is 1. The number of fused-ring (bicyclic) bond motifs is 1. The zero-order valence-electron chi connectivity index (χ0n) is 13.6. The summed E-state index contributed by atoms with van der Waals surface area (Å²) in [5.41, 5.74) is 2.23. The highest BCUT2D eigenvalue weighted by Gasteiger charge is 2.50. The van der Waals surface area contributed by atoms with Gasteiger partial charge in [0.05, 0.1) is 13.2 Å². The molecule has 0 unspecified atom stereocenters. The SMILES string of the molecule is C[C@H](CN1CCOCC1)[C@H]1CC[C@@H]2/C(=C/Br)CCC[C@@]21C. The van der Waals surface area contributed by atoms with E-state index in [1.165, 1.54) is 38.6 Å². The fourth-order valence-corrected chi connectivity index (χ4v) is 6.01. The summed E-state index contributed by atoms with van der Waals surface area (Å²) in [6.07, 6.45) is 6.96. The second-order valence-corrected chi connectivity index (χ2v) is 8.13. The first-order valence-electron chi connectivity index (χ1n) is 8.74. The minimum atomic E-state index is 0.545. The summed E-state index contributed by atoms with van der Waals surface area (Å²) >= 11 is 3.62. The molecule has 2 saturated carbocycles. The lowest BCUT2D eigenvalue weighted by atomic mass is 9.61. The van der Waals surface area contributed by atoms with E-state index in [1.807, 2.05) is 0 Å². The Balaban J connectivity index is 1.67. The van der Waals surface area contributed by atoms with E-state index < -0.39 is 0 Å². The summed E-state index contributed by atoms with van der Waals surface area (Å²) in [5, 5.41) is 0. The predicted molar refractivity (Wildman–Crippen MR) is 91.6 cm³/mol. The van der Waals surface area contributed by atoms with Gasteiger partial charge < -0.3 is 4.74 Å². The van der Waals surface area contributed by atoms with Crippen LogP contribution in [-0.2, 0) is 4.74 Å². The lowest BCUT2D eigenvalue weighted by molar-refractivity contribution is 0.0155. The third-order valence-corrected chi connectivity index (χ3v) is 7.10. The summed E-state index contributed by atoms with van der Waals surface area (Å²) < 4.78 is 5.49. The standard InChI is InChI=1S/C18H30BrNO/c1-14(13-20-8-10-21-11-9-20)16-5-6-17-15(12-19)4-3-7-18(16,17)2/h12,14,16-17H,3-11,13H2,1-2H3/b15-12+/t14-,16-,17-,18-/m1/s1. The van der Waals surface area contributed by atoms with Crippen molar-refractivity contribution in [1.29, 1.82) is 0 Å². The normalized spacial score (nSPS) is 41.2. The molecule has 1 heterocycles. The highest BCUT2D eigenvalue weighted by atomic mass is 79.9. The molecule has 3 heteroatoms. The third kappa shape index (κ3) is 3.11. The van der Waals surface area contributed by atoms with Crippen molar-refractivity contribution in [2.24, 2.45) is 23.2 Å². The second kappa shape index (κ2) is 6.72. The van der Waals surface area contributed by atoms with Crippen molar-refractivity contribution in [2.45, 2.75) is 46.0 Å². The minimum Gasteiger partial charge on any atom is -0.379 e. The van der Waals surface area contributed by atoms with Gasteiger partial charge in [0.1, 0.15) is 0 Å². The Morgan fingerprint density at radius 2 is 2.14 bits per heavy atom. The quantitative estimate of drug-likeness (QED) is 0.741. The van der Waals surface area contributed by atoms with Gasteiger partial charge in [0.25, 0.3) is 0 Å². The maximum absolute atomic E-state index is 5.49. The Labute approximate surface area is 138 Å². The van der Waals surface area contributed by atoms with Gasteiger partial charge in [-0.15, -0.1) is 0 Å². The number of rotatable bonds is 3. The monoisotopic (exact) mass is 355 g/mol. The molecule has 21 heavy (non-hydrogen) atoms. The van der Waals surface area contributed by atoms with Crippen LogP contribution in [0.4, 0.5) is 0 Å². The van der Waals surface area contributed by atoms with Crippen LogP contribution in [0.3, 0.4) is 0 Å². The Morgan fingerprint density at radius 3 is 2.86 bits per heavy atom. The molecule has 3 fully saturated rings. The molecule has 0 aromatic rings. The lowest BCUT2D eigenvalue weighted by Crippen LogP contribution is -2.43. The molecule has 1 aliphatic heterocycles. The van der Waals surface area contributed by atoms with Crippen molar-refractivity contribution in [3.63, 3.8) is 0 Å². The van der Waals surface area contributed by atoms with E-state index in [9.17, 15) is 0 Å². The molecule has 120 valence electrons. The molecule has 1 saturated heterocycles. The van der Waals surface area contributed by atoms with Crippen LogP contribution in [0.15, 0.2) is 10.6 Å². The average molecular weight is 356 g/mol. The topological polar surface area (TPSA) is 12.5 Å². The Hall–Kier alpha value is 0.140. The van der Waals surface area contributed by atoms with E-state index in [-0.39, 0.29) is 0 Å². The van der Waals surface area contributed by atoms with Crippen LogP contribution in [0, 0.1) is 23.2 Å². The van der Waals surface area contributed by atoms with Crippen molar-refractivity contribution in [3.8, 4) is 0 Å². The molecule has 0 aromatic heterocycles. The van der Waals surface area contributed by atoms with Crippen molar-refractivity contribution >= 4 is 15.9 Å². The van der Waals surface area contributed by atoms with E-state index in [1.54, 1.807) is 5.57 Å². The largest absolute Gasteiger partial charge is 0.379 e. The van der Waals surface area contributed by atoms with Crippen molar-refractivity contribution in [3.05, 3.63) is 10.6 Å². The average Bonchev–Trinajstić information content (AvgIpc) is 2.85. The first-order valence-corrected chi connectivity index (χ1v) is 9.66. The van der Waals surface area contributed by atoms with Gasteiger partial charge >= 0.3 is 0 Å². The van der Waals surface area contributed by atoms with Gasteiger partial charge in [0.2, 0.25) is 0 Å². The fraction of sp³-hybridized carbons (Fsp3) is 0.889. The van der Waals surface area contributed by atoms with E-state index >= 15 is 0 Å². The van der Waals surface area contributed by atoms with Crippen molar-refractivity contribution in [1.82, 2.24) is 4.90 Å². The van der Waals surface area contributed by atoms with E-state index in [4.69, 9.17) is 4.74 Å². The van der Waals surface area contributed by atoms with Crippen molar-refractivity contribution in [2.75, 3.05) is 32.8 Å². The van der Waals surface area contributed by atoms with Gasteiger partial charge in [-0.1, -0.05) is 35.4 Å². The molecular formula is C18H30BrNO. The zero-order chi connectivity index (χ0) is 14.9. The van der Waals surface area contributed by atoms with Gasteiger partial charge in [-0.3, -0.25) is 4.90 Å². The molecule has 2 aliphatic carbocycles. The third-order valence-electron chi connectivity index (χ3n) is 6.51. The highest BCUT2D eigenvalue weighted by Crippen LogP contribution is 2.59. The molecule has 2 nitrogen and oxygen atoms in total. The molecule has 3 aliphatic rings. The van der Waals surface area contributed by atoms with Crippen LogP contribution < -0.4 is 0 Å². The van der Waals surface area contributed by atoms with E-state index in [2.05, 4.69) is 39.7 Å².